The molecule has 4 rings (SSSR count). The molecule has 0 aromatic heterocycles. The number of hydrogen-bond donors (Lipinski definition) is 1. The summed E-state index contributed by atoms with van der Waals surface area (Å²) in [6.07, 6.45) is 4.57. The molecule has 1 fully saturated rings. The van der Waals surface area contributed by atoms with Gasteiger partial charge in [0.1, 0.15) is 5.92 Å². The summed E-state index contributed by atoms with van der Waals surface area (Å²) in [5.74, 6) is -0.940. The number of anilines is 1. The highest BCUT2D eigenvalue weighted by Gasteiger charge is 2.34. The summed E-state index contributed by atoms with van der Waals surface area (Å²) in [6.45, 7) is 7.43. The molecule has 168 valence electrons. The summed E-state index contributed by atoms with van der Waals surface area (Å²) in [6, 6.07) is 13.6. The summed E-state index contributed by atoms with van der Waals surface area (Å²) in [7, 11) is 0. The predicted molar refractivity (Wildman–Crippen MR) is 127 cm³/mol. The van der Waals surface area contributed by atoms with Crippen molar-refractivity contribution in [3.05, 3.63) is 59.2 Å². The fourth-order valence-corrected chi connectivity index (χ4v) is 4.50. The normalized spacial score (nSPS) is 18.9. The van der Waals surface area contributed by atoms with Crippen LogP contribution in [0.2, 0.25) is 0 Å². The van der Waals surface area contributed by atoms with Gasteiger partial charge in [-0.1, -0.05) is 31.5 Å². The van der Waals surface area contributed by atoms with Crippen LogP contribution < -0.4 is 5.32 Å². The number of likely N-dealkylation sites (tertiary alicyclic amines) is 1. The van der Waals surface area contributed by atoms with E-state index in [9.17, 15) is 9.59 Å². The lowest BCUT2D eigenvalue weighted by atomic mass is 9.93. The maximum Gasteiger partial charge on any atom is 0.338 e. The molecule has 2 heterocycles. The number of carbonyl (C=O) groups is 2. The van der Waals surface area contributed by atoms with Crippen LogP contribution in [0.3, 0.4) is 0 Å². The minimum atomic E-state index is -0.445. The topological polar surface area (TPSA) is 71.0 Å². The summed E-state index contributed by atoms with van der Waals surface area (Å²) >= 11 is 0. The molecule has 1 unspecified atom stereocenters. The molecule has 32 heavy (non-hydrogen) atoms. The van der Waals surface area contributed by atoms with Gasteiger partial charge in [0.2, 0.25) is 5.91 Å². The van der Waals surface area contributed by atoms with Gasteiger partial charge in [-0.25, -0.2) is 4.79 Å². The Hall–Kier alpha value is -2.99. The van der Waals surface area contributed by atoms with Crippen LogP contribution in [-0.4, -0.2) is 42.2 Å². The number of esters is 1. The smallest absolute Gasteiger partial charge is 0.338 e. The van der Waals surface area contributed by atoms with E-state index < -0.39 is 5.92 Å². The third-order valence-corrected chi connectivity index (χ3v) is 6.15. The van der Waals surface area contributed by atoms with E-state index in [2.05, 4.69) is 22.3 Å². The third kappa shape index (κ3) is 4.91. The van der Waals surface area contributed by atoms with E-state index in [4.69, 9.17) is 9.73 Å². The standard InChI is InChI=1S/C26H31N3O3/c1-3-22(27-20-11-8-18(9-12-20)17-29-14-6-5-7-15-29)24-21-13-10-19(26(31)32-4-2)16-23(21)28-25(24)30/h8-13,16,24H,3-7,14-15,17H2,1-2H3,(H,28,30). The van der Waals surface area contributed by atoms with E-state index in [0.29, 0.717) is 24.3 Å². The Morgan fingerprint density at radius 3 is 2.53 bits per heavy atom. The Labute approximate surface area is 189 Å². The first kappa shape index (κ1) is 22.2. The van der Waals surface area contributed by atoms with Crippen molar-refractivity contribution in [1.29, 1.82) is 0 Å². The quantitative estimate of drug-likeness (QED) is 0.489. The summed E-state index contributed by atoms with van der Waals surface area (Å²) < 4.78 is 5.07. The molecule has 0 saturated carbocycles. The molecule has 1 N–H and O–H groups in total. The van der Waals surface area contributed by atoms with E-state index in [0.717, 1.165) is 23.5 Å². The number of rotatable bonds is 7. The summed E-state index contributed by atoms with van der Waals surface area (Å²) in [4.78, 5) is 32.2. The van der Waals surface area contributed by atoms with E-state index in [-0.39, 0.29) is 11.9 Å². The van der Waals surface area contributed by atoms with E-state index in [1.165, 1.54) is 37.9 Å². The van der Waals surface area contributed by atoms with Crippen LogP contribution in [0.5, 0.6) is 0 Å². The average molecular weight is 434 g/mol. The SMILES string of the molecule is CCOC(=O)c1ccc2c(c1)NC(=O)C2C(CC)=Nc1ccc(CN2CCCCC2)cc1. The molecule has 2 aliphatic heterocycles. The molecule has 2 aliphatic rings. The second-order valence-electron chi connectivity index (χ2n) is 8.40. The molecular formula is C26H31N3O3. The van der Waals surface area contributed by atoms with Crippen LogP contribution in [0.4, 0.5) is 11.4 Å². The number of fused-ring (bicyclic) bond motifs is 1. The molecule has 0 spiro atoms. The van der Waals surface area contributed by atoms with Gasteiger partial charge in [-0.2, -0.15) is 0 Å². The lowest BCUT2D eigenvalue weighted by Gasteiger charge is -2.26. The van der Waals surface area contributed by atoms with Gasteiger partial charge in [0.15, 0.2) is 0 Å². The number of amides is 1. The van der Waals surface area contributed by atoms with Crippen LogP contribution in [0.15, 0.2) is 47.5 Å². The van der Waals surface area contributed by atoms with Crippen molar-refractivity contribution in [2.75, 3.05) is 25.0 Å². The molecule has 6 nitrogen and oxygen atoms in total. The van der Waals surface area contributed by atoms with Crippen LogP contribution >= 0.6 is 0 Å². The Balaban J connectivity index is 1.52. The zero-order valence-corrected chi connectivity index (χ0v) is 18.9. The van der Waals surface area contributed by atoms with Crippen molar-refractivity contribution in [3.8, 4) is 0 Å². The third-order valence-electron chi connectivity index (χ3n) is 6.15. The number of carbonyl (C=O) groups excluding carboxylic acids is 2. The molecular weight excluding hydrogens is 402 g/mol. The van der Waals surface area contributed by atoms with Crippen LogP contribution in [0, 0.1) is 0 Å². The second-order valence-corrected chi connectivity index (χ2v) is 8.40. The van der Waals surface area contributed by atoms with Crippen molar-refractivity contribution >= 4 is 29.0 Å². The van der Waals surface area contributed by atoms with Gasteiger partial charge in [-0.15, -0.1) is 0 Å². The summed E-state index contributed by atoms with van der Waals surface area (Å²) in [5, 5.41) is 2.91. The number of aliphatic imine (C=N–C) groups is 1. The van der Waals surface area contributed by atoms with Gasteiger partial charge in [0, 0.05) is 17.9 Å². The van der Waals surface area contributed by atoms with Crippen LogP contribution in [0.1, 0.15) is 66.9 Å². The van der Waals surface area contributed by atoms with Gasteiger partial charge in [0.25, 0.3) is 0 Å². The van der Waals surface area contributed by atoms with Crippen molar-refractivity contribution < 1.29 is 14.3 Å². The highest BCUT2D eigenvalue weighted by atomic mass is 16.5. The summed E-state index contributed by atoms with van der Waals surface area (Å²) in [5.41, 5.74) is 4.90. The van der Waals surface area contributed by atoms with Crippen LogP contribution in [-0.2, 0) is 16.1 Å². The van der Waals surface area contributed by atoms with E-state index in [1.807, 2.05) is 25.1 Å². The zero-order chi connectivity index (χ0) is 22.5. The Morgan fingerprint density at radius 2 is 1.84 bits per heavy atom. The minimum absolute atomic E-state index is 0.108. The molecule has 6 heteroatoms. The number of piperidine rings is 1. The lowest BCUT2D eigenvalue weighted by Crippen LogP contribution is -2.28. The zero-order valence-electron chi connectivity index (χ0n) is 18.9. The fraction of sp³-hybridized carbons (Fsp3) is 0.423. The van der Waals surface area contributed by atoms with Gasteiger partial charge >= 0.3 is 5.97 Å². The van der Waals surface area contributed by atoms with E-state index in [1.54, 1.807) is 19.1 Å². The molecule has 0 radical (unpaired) electrons. The maximum absolute atomic E-state index is 12.8. The first-order valence-electron chi connectivity index (χ1n) is 11.6. The lowest BCUT2D eigenvalue weighted by molar-refractivity contribution is -0.115. The Bertz CT molecular complexity index is 1010. The van der Waals surface area contributed by atoms with Gasteiger partial charge in [-0.3, -0.25) is 14.7 Å². The van der Waals surface area contributed by atoms with Crippen molar-refractivity contribution in [2.45, 2.75) is 52.0 Å². The second kappa shape index (κ2) is 10.1. The molecule has 2 aromatic carbocycles. The molecule has 1 saturated heterocycles. The first-order valence-corrected chi connectivity index (χ1v) is 11.6. The highest BCUT2D eigenvalue weighted by Crippen LogP contribution is 2.36. The van der Waals surface area contributed by atoms with Crippen molar-refractivity contribution in [2.24, 2.45) is 4.99 Å². The average Bonchev–Trinajstić information content (AvgIpc) is 3.14. The number of nitrogens with one attached hydrogen (secondary N) is 1. The van der Waals surface area contributed by atoms with Gasteiger partial charge in [0.05, 0.1) is 17.9 Å². The predicted octanol–water partition coefficient (Wildman–Crippen LogP) is 5.07. The Morgan fingerprint density at radius 1 is 1.09 bits per heavy atom. The van der Waals surface area contributed by atoms with Gasteiger partial charge < -0.3 is 10.1 Å². The van der Waals surface area contributed by atoms with Crippen molar-refractivity contribution in [3.63, 3.8) is 0 Å². The number of hydrogen-bond acceptors (Lipinski definition) is 5. The Kier molecular flexibility index (Phi) is 7.00. The molecule has 2 aromatic rings. The minimum Gasteiger partial charge on any atom is -0.462 e. The molecule has 1 atom stereocenters. The highest BCUT2D eigenvalue weighted by molar-refractivity contribution is 6.19. The number of ether oxygens (including phenoxy) is 1. The van der Waals surface area contributed by atoms with Gasteiger partial charge in [-0.05, 0) is 74.7 Å². The van der Waals surface area contributed by atoms with Crippen molar-refractivity contribution in [1.82, 2.24) is 4.90 Å². The molecule has 0 bridgehead atoms. The maximum atomic E-state index is 12.8. The molecule has 1 amide bonds. The number of nitrogens with zero attached hydrogens (tertiary/aromatic N) is 2. The molecule has 0 aliphatic carbocycles. The first-order chi connectivity index (χ1) is 15.6. The number of benzene rings is 2. The monoisotopic (exact) mass is 433 g/mol. The van der Waals surface area contributed by atoms with E-state index >= 15 is 0 Å². The largest absolute Gasteiger partial charge is 0.462 e. The van der Waals surface area contributed by atoms with Crippen LogP contribution in [0.25, 0.3) is 0 Å². The fourth-order valence-electron chi connectivity index (χ4n) is 4.50.